The Hall–Kier alpha value is -6.71. The number of aromatic nitrogens is 3. The molecule has 0 unspecified atom stereocenters. The lowest BCUT2D eigenvalue weighted by atomic mass is 9.42. The second kappa shape index (κ2) is 13.1. The molecule has 4 bridgehead atoms. The van der Waals surface area contributed by atoms with Crippen LogP contribution in [0.2, 0.25) is 0 Å². The summed E-state index contributed by atoms with van der Waals surface area (Å²) >= 11 is 0. The van der Waals surface area contributed by atoms with Crippen molar-refractivity contribution >= 4 is 21.5 Å². The van der Waals surface area contributed by atoms with Gasteiger partial charge in [0.25, 0.3) is 0 Å². The molecule has 0 saturated heterocycles. The van der Waals surface area contributed by atoms with Crippen LogP contribution in [0.5, 0.6) is 0 Å². The van der Waals surface area contributed by atoms with E-state index in [1.54, 1.807) is 11.1 Å². The number of hydrogen-bond donors (Lipinski definition) is 0. The summed E-state index contributed by atoms with van der Waals surface area (Å²) in [6.07, 6.45) is 6.96. The topological polar surface area (TPSA) is 38.7 Å². The fourth-order valence-corrected chi connectivity index (χ4v) is 12.5. The van der Waals surface area contributed by atoms with Gasteiger partial charge in [0.05, 0.1) is 0 Å². The van der Waals surface area contributed by atoms with Gasteiger partial charge in [-0.25, -0.2) is 15.0 Å². The molecule has 3 nitrogen and oxygen atoms in total. The molecule has 1 heterocycles. The Labute approximate surface area is 350 Å². The summed E-state index contributed by atoms with van der Waals surface area (Å²) in [6, 6.07) is 64.4. The highest BCUT2D eigenvalue weighted by Gasteiger charge is 2.62. The third-order valence-corrected chi connectivity index (χ3v) is 14.9. The first-order chi connectivity index (χ1) is 29.7. The van der Waals surface area contributed by atoms with Crippen molar-refractivity contribution in [1.82, 2.24) is 15.0 Å². The van der Waals surface area contributed by atoms with Gasteiger partial charge in [-0.15, -0.1) is 0 Å². The van der Waals surface area contributed by atoms with Gasteiger partial charge in [-0.3, -0.25) is 0 Å². The zero-order valence-corrected chi connectivity index (χ0v) is 33.4. The minimum atomic E-state index is 0.0839. The Morgan fingerprint density at radius 1 is 0.333 bits per heavy atom. The molecule has 4 fully saturated rings. The molecule has 4 saturated carbocycles. The Kier molecular flexibility index (Phi) is 7.49. The first-order valence-corrected chi connectivity index (χ1v) is 21.8. The van der Waals surface area contributed by atoms with E-state index in [0.717, 1.165) is 39.5 Å². The number of hydrogen-bond acceptors (Lipinski definition) is 3. The molecule has 0 N–H and O–H groups in total. The number of fused-ring (bicyclic) bond motifs is 5. The van der Waals surface area contributed by atoms with Crippen molar-refractivity contribution in [2.24, 2.45) is 23.7 Å². The van der Waals surface area contributed by atoms with Crippen molar-refractivity contribution < 1.29 is 0 Å². The van der Waals surface area contributed by atoms with Gasteiger partial charge in [-0.2, -0.15) is 0 Å². The Morgan fingerprint density at radius 3 is 1.57 bits per heavy atom. The van der Waals surface area contributed by atoms with E-state index in [1.807, 2.05) is 18.2 Å². The molecule has 0 aliphatic heterocycles. The van der Waals surface area contributed by atoms with Crippen molar-refractivity contribution in [2.45, 2.75) is 37.5 Å². The van der Waals surface area contributed by atoms with Crippen LogP contribution in [0, 0.1) is 23.7 Å². The lowest BCUT2D eigenvalue weighted by molar-refractivity contribution is -0.0396. The first kappa shape index (κ1) is 34.2. The smallest absolute Gasteiger partial charge is 0.164 e. The molecular formula is C57H43N3. The summed E-state index contributed by atoms with van der Waals surface area (Å²) in [5.74, 6) is 5.22. The SMILES string of the molecule is c1ccc(-c2nc(-c3cccc(-c4ccc(-c5cccc6c5C5(c7cc8ccccc8cc7-6)C6CC7CC(C6)CC5C7)cc4)c3)nc(-c3ccc4ccccc4c3)n2)cc1. The summed E-state index contributed by atoms with van der Waals surface area (Å²) in [4.78, 5) is 15.2. The molecule has 1 aromatic heterocycles. The molecule has 8 aromatic carbocycles. The summed E-state index contributed by atoms with van der Waals surface area (Å²) in [7, 11) is 0. The van der Waals surface area contributed by atoms with E-state index in [9.17, 15) is 0 Å². The minimum absolute atomic E-state index is 0.0839. The van der Waals surface area contributed by atoms with Crippen molar-refractivity contribution in [3.8, 4) is 67.5 Å². The van der Waals surface area contributed by atoms with Crippen molar-refractivity contribution in [1.29, 1.82) is 0 Å². The second-order valence-electron chi connectivity index (χ2n) is 18.0. The fourth-order valence-electron chi connectivity index (χ4n) is 12.5. The Morgan fingerprint density at radius 2 is 0.850 bits per heavy atom. The van der Waals surface area contributed by atoms with Crippen LogP contribution < -0.4 is 0 Å². The first-order valence-electron chi connectivity index (χ1n) is 21.8. The van der Waals surface area contributed by atoms with Gasteiger partial charge >= 0.3 is 0 Å². The van der Waals surface area contributed by atoms with E-state index in [-0.39, 0.29) is 5.41 Å². The van der Waals surface area contributed by atoms with Gasteiger partial charge in [0.2, 0.25) is 0 Å². The zero-order chi connectivity index (χ0) is 39.4. The molecule has 5 aliphatic carbocycles. The van der Waals surface area contributed by atoms with Gasteiger partial charge in [-0.05, 0) is 146 Å². The van der Waals surface area contributed by atoms with Crippen LogP contribution in [-0.2, 0) is 5.41 Å². The normalized spacial score (nSPS) is 22.1. The molecule has 14 rings (SSSR count). The molecule has 0 atom stereocenters. The highest BCUT2D eigenvalue weighted by molar-refractivity contribution is 5.97. The van der Waals surface area contributed by atoms with Gasteiger partial charge in [0.15, 0.2) is 17.5 Å². The quantitative estimate of drug-likeness (QED) is 0.175. The van der Waals surface area contributed by atoms with Gasteiger partial charge in [0.1, 0.15) is 0 Å². The Balaban J connectivity index is 0.901. The lowest BCUT2D eigenvalue weighted by Crippen LogP contribution is -2.55. The molecule has 5 aliphatic rings. The molecule has 9 aromatic rings. The number of rotatable bonds is 5. The fraction of sp³-hybridized carbons (Fsp3) is 0.175. The average molecular weight is 770 g/mol. The van der Waals surface area contributed by atoms with Crippen LogP contribution >= 0.6 is 0 Å². The van der Waals surface area contributed by atoms with Crippen LogP contribution in [0.25, 0.3) is 89.1 Å². The highest BCUT2D eigenvalue weighted by Crippen LogP contribution is 2.70. The molecule has 286 valence electrons. The third-order valence-electron chi connectivity index (χ3n) is 14.9. The second-order valence-corrected chi connectivity index (χ2v) is 18.0. The van der Waals surface area contributed by atoms with Crippen molar-refractivity contribution in [3.63, 3.8) is 0 Å². The van der Waals surface area contributed by atoms with E-state index in [1.165, 1.54) is 76.1 Å². The van der Waals surface area contributed by atoms with Gasteiger partial charge in [0, 0.05) is 22.1 Å². The highest BCUT2D eigenvalue weighted by atomic mass is 15.0. The predicted molar refractivity (Wildman–Crippen MR) is 245 cm³/mol. The molecule has 1 spiro atoms. The minimum Gasteiger partial charge on any atom is -0.208 e. The number of benzene rings is 8. The molecule has 0 radical (unpaired) electrons. The van der Waals surface area contributed by atoms with Crippen LogP contribution in [0.3, 0.4) is 0 Å². The van der Waals surface area contributed by atoms with E-state index in [2.05, 4.69) is 158 Å². The van der Waals surface area contributed by atoms with Crippen molar-refractivity contribution in [3.05, 3.63) is 187 Å². The maximum absolute atomic E-state index is 5.11. The molecule has 3 heteroatoms. The van der Waals surface area contributed by atoms with Crippen LogP contribution in [0.1, 0.15) is 43.2 Å². The van der Waals surface area contributed by atoms with E-state index in [0.29, 0.717) is 29.3 Å². The molecular weight excluding hydrogens is 727 g/mol. The summed E-state index contributed by atoms with van der Waals surface area (Å²) in [6.45, 7) is 0. The maximum Gasteiger partial charge on any atom is 0.164 e. The third kappa shape index (κ3) is 5.18. The standard InChI is InChI=1S/C57H43N3/c1-2-11-40(12-3-1)54-58-55(60-56(59-54)46-25-22-37-10-4-5-13-41(37)32-46)45-17-8-16-42(31-45)38-20-23-39(24-21-38)49-18-9-19-50-51-33-43-14-6-7-15-44(43)34-52(51)57(53(49)50)47-27-35-26-36(29-47)30-48(57)28-35/h1-25,31-36,47-48H,26-30H2. The average Bonchev–Trinajstić information content (AvgIpc) is 3.59. The van der Waals surface area contributed by atoms with Crippen LogP contribution in [0.4, 0.5) is 0 Å². The Bertz CT molecular complexity index is 3140. The van der Waals surface area contributed by atoms with Crippen LogP contribution in [-0.4, -0.2) is 15.0 Å². The molecule has 60 heavy (non-hydrogen) atoms. The maximum atomic E-state index is 5.11. The summed E-state index contributed by atoms with van der Waals surface area (Å²) in [5, 5.41) is 5.08. The zero-order valence-electron chi connectivity index (χ0n) is 33.4. The van der Waals surface area contributed by atoms with Crippen molar-refractivity contribution in [2.75, 3.05) is 0 Å². The van der Waals surface area contributed by atoms with E-state index >= 15 is 0 Å². The van der Waals surface area contributed by atoms with Gasteiger partial charge < -0.3 is 0 Å². The predicted octanol–water partition coefficient (Wildman–Crippen LogP) is 14.2. The summed E-state index contributed by atoms with van der Waals surface area (Å²) < 4.78 is 0. The summed E-state index contributed by atoms with van der Waals surface area (Å²) in [5.41, 5.74) is 14.2. The number of nitrogens with zero attached hydrogens (tertiary/aromatic N) is 3. The largest absolute Gasteiger partial charge is 0.208 e. The monoisotopic (exact) mass is 769 g/mol. The van der Waals surface area contributed by atoms with E-state index < -0.39 is 0 Å². The van der Waals surface area contributed by atoms with Crippen LogP contribution in [0.15, 0.2) is 176 Å². The van der Waals surface area contributed by atoms with Gasteiger partial charge in [-0.1, -0.05) is 152 Å². The lowest BCUT2D eigenvalue weighted by Gasteiger charge is -2.61. The van der Waals surface area contributed by atoms with E-state index in [4.69, 9.17) is 15.0 Å². The molecule has 0 amide bonds.